The molecule has 2 heteroatoms. The number of benzene rings is 2. The van der Waals surface area contributed by atoms with Gasteiger partial charge in [0.2, 0.25) is 0 Å². The number of hydrogen-bond donors (Lipinski definition) is 1. The molecule has 2 N–H and O–H groups in total. The second-order valence-electron chi connectivity index (χ2n) is 5.54. The molecular weight excluding hydrogens is 258 g/mol. The zero-order chi connectivity index (χ0) is 14.9. The third-order valence-electron chi connectivity index (χ3n) is 3.91. The lowest BCUT2D eigenvalue weighted by atomic mass is 9.93. The highest BCUT2D eigenvalue weighted by molar-refractivity contribution is 5.28. The van der Waals surface area contributed by atoms with E-state index in [2.05, 4.69) is 42.5 Å². The van der Waals surface area contributed by atoms with Crippen molar-refractivity contribution >= 4 is 0 Å². The van der Waals surface area contributed by atoms with Crippen molar-refractivity contribution in [2.24, 2.45) is 11.7 Å². The third-order valence-corrected chi connectivity index (χ3v) is 3.91. The smallest absolute Gasteiger partial charge is 0.119 e. The molecule has 0 bridgehead atoms. The van der Waals surface area contributed by atoms with E-state index in [4.69, 9.17) is 10.5 Å². The molecule has 112 valence electrons. The summed E-state index contributed by atoms with van der Waals surface area (Å²) >= 11 is 0. The Kier molecular flexibility index (Phi) is 6.29. The Morgan fingerprint density at radius 2 is 1.76 bits per heavy atom. The van der Waals surface area contributed by atoms with Crippen LogP contribution in [0.15, 0.2) is 54.6 Å². The van der Waals surface area contributed by atoms with Crippen LogP contribution in [0.4, 0.5) is 0 Å². The summed E-state index contributed by atoms with van der Waals surface area (Å²) in [6.07, 6.45) is 4.52. The van der Waals surface area contributed by atoms with Crippen LogP contribution < -0.4 is 10.5 Å². The number of methoxy groups -OCH3 is 1. The molecule has 0 saturated carbocycles. The first kappa shape index (κ1) is 15.6. The summed E-state index contributed by atoms with van der Waals surface area (Å²) in [7, 11) is 1.71. The molecule has 0 aliphatic carbocycles. The highest BCUT2D eigenvalue weighted by Crippen LogP contribution is 2.19. The van der Waals surface area contributed by atoms with E-state index in [0.717, 1.165) is 25.1 Å². The summed E-state index contributed by atoms with van der Waals surface area (Å²) in [6.45, 7) is 0.742. The minimum Gasteiger partial charge on any atom is -0.497 e. The number of hydrogen-bond acceptors (Lipinski definition) is 2. The van der Waals surface area contributed by atoms with Gasteiger partial charge >= 0.3 is 0 Å². The fourth-order valence-corrected chi connectivity index (χ4v) is 2.68. The van der Waals surface area contributed by atoms with E-state index < -0.39 is 0 Å². The van der Waals surface area contributed by atoms with Crippen LogP contribution in [-0.4, -0.2) is 13.7 Å². The SMILES string of the molecule is COc1cccc(CC(CN)CCCc2ccccc2)c1. The van der Waals surface area contributed by atoms with E-state index in [-0.39, 0.29) is 0 Å². The van der Waals surface area contributed by atoms with Crippen LogP contribution in [0.25, 0.3) is 0 Å². The molecule has 1 unspecified atom stereocenters. The van der Waals surface area contributed by atoms with Gasteiger partial charge in [-0.1, -0.05) is 42.5 Å². The van der Waals surface area contributed by atoms with Gasteiger partial charge in [0.1, 0.15) is 5.75 Å². The molecule has 0 spiro atoms. The summed E-state index contributed by atoms with van der Waals surface area (Å²) in [6, 6.07) is 19.0. The van der Waals surface area contributed by atoms with Crippen molar-refractivity contribution in [3.63, 3.8) is 0 Å². The van der Waals surface area contributed by atoms with Crippen LogP contribution in [0.3, 0.4) is 0 Å². The van der Waals surface area contributed by atoms with E-state index in [1.54, 1.807) is 7.11 Å². The van der Waals surface area contributed by atoms with Crippen LogP contribution in [0.1, 0.15) is 24.0 Å². The first-order valence-corrected chi connectivity index (χ1v) is 7.68. The molecule has 0 amide bonds. The summed E-state index contributed by atoms with van der Waals surface area (Å²) < 4.78 is 5.28. The van der Waals surface area contributed by atoms with Crippen molar-refractivity contribution in [1.82, 2.24) is 0 Å². The average molecular weight is 283 g/mol. The van der Waals surface area contributed by atoms with Gasteiger partial charge in [0, 0.05) is 0 Å². The summed E-state index contributed by atoms with van der Waals surface area (Å²) in [5.74, 6) is 1.47. The van der Waals surface area contributed by atoms with Crippen molar-refractivity contribution in [3.8, 4) is 5.75 Å². The molecule has 0 fully saturated rings. The average Bonchev–Trinajstić information content (AvgIpc) is 2.55. The Morgan fingerprint density at radius 1 is 1.00 bits per heavy atom. The summed E-state index contributed by atoms with van der Waals surface area (Å²) in [4.78, 5) is 0. The largest absolute Gasteiger partial charge is 0.497 e. The Bertz CT molecular complexity index is 524. The fraction of sp³-hybridized carbons (Fsp3) is 0.368. The fourth-order valence-electron chi connectivity index (χ4n) is 2.68. The Morgan fingerprint density at radius 3 is 2.48 bits per heavy atom. The molecule has 0 saturated heterocycles. The number of aryl methyl sites for hydroxylation is 1. The number of nitrogens with two attached hydrogens (primary N) is 1. The van der Waals surface area contributed by atoms with Gasteiger partial charge in [0.05, 0.1) is 7.11 Å². The monoisotopic (exact) mass is 283 g/mol. The van der Waals surface area contributed by atoms with E-state index in [9.17, 15) is 0 Å². The maximum absolute atomic E-state index is 5.94. The molecule has 0 aliphatic heterocycles. The molecule has 2 aromatic carbocycles. The normalized spacial score (nSPS) is 12.1. The van der Waals surface area contributed by atoms with Crippen LogP contribution in [-0.2, 0) is 12.8 Å². The van der Waals surface area contributed by atoms with Crippen molar-refractivity contribution in [1.29, 1.82) is 0 Å². The van der Waals surface area contributed by atoms with Crippen molar-refractivity contribution in [2.75, 3.05) is 13.7 Å². The van der Waals surface area contributed by atoms with Crippen molar-refractivity contribution in [3.05, 3.63) is 65.7 Å². The molecule has 2 aromatic rings. The van der Waals surface area contributed by atoms with E-state index in [1.165, 1.54) is 24.0 Å². The number of rotatable bonds is 8. The standard InChI is InChI=1S/C19H25NO/c1-21-19-12-6-10-17(14-19)13-18(15-20)11-5-9-16-7-3-2-4-8-16/h2-4,6-8,10,12,14,18H,5,9,11,13,15,20H2,1H3. The predicted molar refractivity (Wildman–Crippen MR) is 88.6 cm³/mol. The maximum atomic E-state index is 5.94. The zero-order valence-corrected chi connectivity index (χ0v) is 12.8. The van der Waals surface area contributed by atoms with Gasteiger partial charge in [-0.05, 0) is 61.4 Å². The lowest BCUT2D eigenvalue weighted by Gasteiger charge is -2.15. The molecule has 0 heterocycles. The Balaban J connectivity index is 1.82. The lowest BCUT2D eigenvalue weighted by molar-refractivity contribution is 0.413. The minimum absolute atomic E-state index is 0.542. The van der Waals surface area contributed by atoms with Gasteiger partial charge in [-0.3, -0.25) is 0 Å². The van der Waals surface area contributed by atoms with Gasteiger partial charge in [-0.2, -0.15) is 0 Å². The van der Waals surface area contributed by atoms with Crippen LogP contribution >= 0.6 is 0 Å². The second-order valence-corrected chi connectivity index (χ2v) is 5.54. The third kappa shape index (κ3) is 5.24. The zero-order valence-electron chi connectivity index (χ0n) is 12.8. The summed E-state index contributed by atoms with van der Waals surface area (Å²) in [5.41, 5.74) is 8.66. The molecule has 2 rings (SSSR count). The predicted octanol–water partition coefficient (Wildman–Crippen LogP) is 3.84. The quantitative estimate of drug-likeness (QED) is 0.799. The van der Waals surface area contributed by atoms with E-state index in [1.807, 2.05) is 12.1 Å². The van der Waals surface area contributed by atoms with Gasteiger partial charge in [0.15, 0.2) is 0 Å². The minimum atomic E-state index is 0.542. The molecule has 2 nitrogen and oxygen atoms in total. The number of ether oxygens (including phenoxy) is 1. The lowest BCUT2D eigenvalue weighted by Crippen LogP contribution is -2.17. The van der Waals surface area contributed by atoms with Crippen LogP contribution in [0.5, 0.6) is 5.75 Å². The van der Waals surface area contributed by atoms with Gasteiger partial charge in [-0.25, -0.2) is 0 Å². The highest BCUT2D eigenvalue weighted by Gasteiger charge is 2.08. The molecule has 0 aliphatic rings. The van der Waals surface area contributed by atoms with E-state index >= 15 is 0 Å². The van der Waals surface area contributed by atoms with Gasteiger partial charge in [0.25, 0.3) is 0 Å². The highest BCUT2D eigenvalue weighted by atomic mass is 16.5. The summed E-state index contributed by atoms with van der Waals surface area (Å²) in [5, 5.41) is 0. The topological polar surface area (TPSA) is 35.2 Å². The molecule has 0 radical (unpaired) electrons. The van der Waals surface area contributed by atoms with Crippen molar-refractivity contribution in [2.45, 2.75) is 25.7 Å². The van der Waals surface area contributed by atoms with E-state index in [0.29, 0.717) is 5.92 Å². The second kappa shape index (κ2) is 8.48. The van der Waals surface area contributed by atoms with Crippen molar-refractivity contribution < 1.29 is 4.74 Å². The maximum Gasteiger partial charge on any atom is 0.119 e. The van der Waals surface area contributed by atoms with Gasteiger partial charge < -0.3 is 10.5 Å². The molecular formula is C19H25NO. The first-order valence-electron chi connectivity index (χ1n) is 7.68. The Hall–Kier alpha value is -1.80. The molecule has 21 heavy (non-hydrogen) atoms. The van der Waals surface area contributed by atoms with Crippen LogP contribution in [0, 0.1) is 5.92 Å². The van der Waals surface area contributed by atoms with Gasteiger partial charge in [-0.15, -0.1) is 0 Å². The Labute approximate surface area is 127 Å². The van der Waals surface area contributed by atoms with Crippen LogP contribution in [0.2, 0.25) is 0 Å². The molecule has 0 aromatic heterocycles. The molecule has 1 atom stereocenters. The first-order chi connectivity index (χ1) is 10.3.